The highest BCUT2D eigenvalue weighted by atomic mass is 16.2. The molecule has 1 saturated heterocycles. The van der Waals surface area contributed by atoms with E-state index in [2.05, 4.69) is 10.3 Å². The average Bonchev–Trinajstić information content (AvgIpc) is 2.27. The molecule has 1 aliphatic rings. The van der Waals surface area contributed by atoms with Crippen molar-refractivity contribution >= 4 is 11.8 Å². The number of carbonyl (C=O) groups excluding carboxylic acids is 2. The Morgan fingerprint density at radius 2 is 2.12 bits per heavy atom. The van der Waals surface area contributed by atoms with Crippen LogP contribution in [0.25, 0.3) is 0 Å². The highest BCUT2D eigenvalue weighted by molar-refractivity contribution is 5.94. The molecule has 0 bridgehead atoms. The molecule has 5 heteroatoms. The summed E-state index contributed by atoms with van der Waals surface area (Å²) in [7, 11) is 0. The van der Waals surface area contributed by atoms with Gasteiger partial charge in [0.05, 0.1) is 6.54 Å². The summed E-state index contributed by atoms with van der Waals surface area (Å²) in [5.74, 6) is -0.155. The lowest BCUT2D eigenvalue weighted by atomic mass is 10.2. The first-order valence-corrected chi connectivity index (χ1v) is 5.14. The standard InChI is InChI=1S/C11H13N3O2/c1-8-11(16)14(7-10(15)13-8)6-9-2-4-12-5-3-9/h2-5,8H,6-7H2,1H3,(H,13,15). The van der Waals surface area contributed by atoms with Gasteiger partial charge in [-0.25, -0.2) is 0 Å². The second-order valence-electron chi connectivity index (χ2n) is 3.84. The smallest absolute Gasteiger partial charge is 0.245 e. The Hall–Kier alpha value is -1.91. The predicted octanol–water partition coefficient (Wildman–Crippen LogP) is -0.0715. The van der Waals surface area contributed by atoms with E-state index in [-0.39, 0.29) is 18.4 Å². The second kappa shape index (κ2) is 4.30. The van der Waals surface area contributed by atoms with Crippen LogP contribution in [0.3, 0.4) is 0 Å². The number of hydrogen-bond acceptors (Lipinski definition) is 3. The van der Waals surface area contributed by atoms with Crippen molar-refractivity contribution in [2.45, 2.75) is 19.5 Å². The van der Waals surface area contributed by atoms with Crippen LogP contribution >= 0.6 is 0 Å². The summed E-state index contributed by atoms with van der Waals surface area (Å²) >= 11 is 0. The van der Waals surface area contributed by atoms with Crippen LogP contribution in [-0.2, 0) is 16.1 Å². The van der Waals surface area contributed by atoms with Gasteiger partial charge in [-0.2, -0.15) is 0 Å². The lowest BCUT2D eigenvalue weighted by Gasteiger charge is -2.30. The number of nitrogens with zero attached hydrogens (tertiary/aromatic N) is 2. The molecule has 0 saturated carbocycles. The Labute approximate surface area is 93.5 Å². The largest absolute Gasteiger partial charge is 0.343 e. The number of aromatic nitrogens is 1. The number of piperazine rings is 1. The topological polar surface area (TPSA) is 62.3 Å². The quantitative estimate of drug-likeness (QED) is 0.757. The van der Waals surface area contributed by atoms with E-state index < -0.39 is 6.04 Å². The van der Waals surface area contributed by atoms with Crippen LogP contribution in [0, 0.1) is 0 Å². The Morgan fingerprint density at radius 3 is 2.81 bits per heavy atom. The molecule has 2 rings (SSSR count). The third-order valence-corrected chi connectivity index (χ3v) is 2.52. The van der Waals surface area contributed by atoms with Gasteiger partial charge < -0.3 is 10.2 Å². The Kier molecular flexibility index (Phi) is 2.85. The summed E-state index contributed by atoms with van der Waals surface area (Å²) in [5, 5.41) is 2.60. The monoisotopic (exact) mass is 219 g/mol. The van der Waals surface area contributed by atoms with Crippen molar-refractivity contribution in [2.75, 3.05) is 6.54 Å². The molecule has 1 N–H and O–H groups in total. The second-order valence-corrected chi connectivity index (χ2v) is 3.84. The maximum Gasteiger partial charge on any atom is 0.245 e. The van der Waals surface area contributed by atoms with Crippen LogP contribution < -0.4 is 5.32 Å². The summed E-state index contributed by atoms with van der Waals surface area (Å²) in [6.07, 6.45) is 3.35. The zero-order valence-corrected chi connectivity index (χ0v) is 9.01. The fourth-order valence-electron chi connectivity index (χ4n) is 1.72. The van der Waals surface area contributed by atoms with E-state index in [4.69, 9.17) is 0 Å². The SMILES string of the molecule is CC1NC(=O)CN(Cc2ccncc2)C1=O. The Balaban J connectivity index is 2.09. The lowest BCUT2D eigenvalue weighted by molar-refractivity contribution is -0.144. The van der Waals surface area contributed by atoms with Gasteiger partial charge in [0.2, 0.25) is 11.8 Å². The van der Waals surface area contributed by atoms with Crippen molar-refractivity contribution in [3.8, 4) is 0 Å². The molecule has 1 fully saturated rings. The van der Waals surface area contributed by atoms with E-state index in [0.717, 1.165) is 5.56 Å². The summed E-state index contributed by atoms with van der Waals surface area (Å²) in [6.45, 7) is 2.28. The van der Waals surface area contributed by atoms with E-state index in [1.807, 2.05) is 12.1 Å². The molecular formula is C11H13N3O2. The first-order valence-electron chi connectivity index (χ1n) is 5.14. The maximum absolute atomic E-state index is 11.8. The average molecular weight is 219 g/mol. The number of carbonyl (C=O) groups is 2. The lowest BCUT2D eigenvalue weighted by Crippen LogP contribution is -2.56. The van der Waals surface area contributed by atoms with Gasteiger partial charge in [0.1, 0.15) is 6.04 Å². The summed E-state index contributed by atoms with van der Waals surface area (Å²) < 4.78 is 0. The molecule has 84 valence electrons. The molecule has 1 unspecified atom stereocenters. The zero-order chi connectivity index (χ0) is 11.5. The molecule has 16 heavy (non-hydrogen) atoms. The zero-order valence-electron chi connectivity index (χ0n) is 9.01. The van der Waals surface area contributed by atoms with Crippen molar-refractivity contribution < 1.29 is 9.59 Å². The minimum absolute atomic E-state index is 0.0450. The van der Waals surface area contributed by atoms with Gasteiger partial charge >= 0.3 is 0 Å². The van der Waals surface area contributed by atoms with Crippen LogP contribution in [0.1, 0.15) is 12.5 Å². The normalized spacial score (nSPS) is 20.8. The van der Waals surface area contributed by atoms with Crippen molar-refractivity contribution in [3.63, 3.8) is 0 Å². The molecule has 1 aromatic rings. The predicted molar refractivity (Wildman–Crippen MR) is 57.3 cm³/mol. The molecule has 0 aliphatic carbocycles. The number of nitrogens with one attached hydrogen (secondary N) is 1. The summed E-state index contributed by atoms with van der Waals surface area (Å²) in [6, 6.07) is 3.25. The molecule has 2 amide bonds. The first kappa shape index (κ1) is 10.6. The van der Waals surface area contributed by atoms with Crippen LogP contribution in [0.5, 0.6) is 0 Å². The molecule has 5 nitrogen and oxygen atoms in total. The van der Waals surface area contributed by atoms with Crippen molar-refractivity contribution in [1.29, 1.82) is 0 Å². The van der Waals surface area contributed by atoms with Gasteiger partial charge in [-0.15, -0.1) is 0 Å². The molecule has 0 radical (unpaired) electrons. The van der Waals surface area contributed by atoms with Crippen molar-refractivity contribution in [2.24, 2.45) is 0 Å². The van der Waals surface area contributed by atoms with E-state index in [1.165, 1.54) is 0 Å². The molecule has 0 aromatic carbocycles. The van der Waals surface area contributed by atoms with Crippen LogP contribution in [0.4, 0.5) is 0 Å². The van der Waals surface area contributed by atoms with Gasteiger partial charge in [-0.05, 0) is 24.6 Å². The number of hydrogen-bond donors (Lipinski definition) is 1. The maximum atomic E-state index is 11.8. The third-order valence-electron chi connectivity index (χ3n) is 2.52. The number of rotatable bonds is 2. The summed E-state index contributed by atoms with van der Waals surface area (Å²) in [4.78, 5) is 28.5. The molecule has 1 aromatic heterocycles. The van der Waals surface area contributed by atoms with E-state index in [1.54, 1.807) is 24.2 Å². The Morgan fingerprint density at radius 1 is 1.44 bits per heavy atom. The van der Waals surface area contributed by atoms with Crippen LogP contribution in [-0.4, -0.2) is 34.3 Å². The Bertz CT molecular complexity index is 405. The first-order chi connectivity index (χ1) is 7.66. The molecule has 2 heterocycles. The van der Waals surface area contributed by atoms with Crippen molar-refractivity contribution in [3.05, 3.63) is 30.1 Å². The van der Waals surface area contributed by atoms with E-state index in [0.29, 0.717) is 6.54 Å². The van der Waals surface area contributed by atoms with Gasteiger partial charge in [0.25, 0.3) is 0 Å². The van der Waals surface area contributed by atoms with Crippen molar-refractivity contribution in [1.82, 2.24) is 15.2 Å². The van der Waals surface area contributed by atoms with Crippen LogP contribution in [0.15, 0.2) is 24.5 Å². The molecular weight excluding hydrogens is 206 g/mol. The summed E-state index contributed by atoms with van der Waals surface area (Å²) in [5.41, 5.74) is 0.977. The number of amides is 2. The minimum atomic E-state index is -0.428. The third kappa shape index (κ3) is 2.18. The van der Waals surface area contributed by atoms with E-state index in [9.17, 15) is 9.59 Å². The van der Waals surface area contributed by atoms with Gasteiger partial charge in [0.15, 0.2) is 0 Å². The highest BCUT2D eigenvalue weighted by Gasteiger charge is 2.29. The van der Waals surface area contributed by atoms with E-state index >= 15 is 0 Å². The minimum Gasteiger partial charge on any atom is -0.343 e. The van der Waals surface area contributed by atoms with Crippen LogP contribution in [0.2, 0.25) is 0 Å². The molecule has 1 atom stereocenters. The highest BCUT2D eigenvalue weighted by Crippen LogP contribution is 2.08. The fourth-order valence-corrected chi connectivity index (χ4v) is 1.72. The molecule has 0 spiro atoms. The van der Waals surface area contributed by atoms with Gasteiger partial charge in [-0.3, -0.25) is 14.6 Å². The number of pyridine rings is 1. The fraction of sp³-hybridized carbons (Fsp3) is 0.364. The molecule has 1 aliphatic heterocycles. The van der Waals surface area contributed by atoms with Gasteiger partial charge in [-0.1, -0.05) is 0 Å². The van der Waals surface area contributed by atoms with Gasteiger partial charge in [0, 0.05) is 18.9 Å².